The number of hydrogen-bond donors (Lipinski definition) is 3. The van der Waals surface area contributed by atoms with E-state index in [9.17, 15) is 0 Å². The number of aromatic amines is 3. The summed E-state index contributed by atoms with van der Waals surface area (Å²) in [6.45, 7) is 0. The summed E-state index contributed by atoms with van der Waals surface area (Å²) in [6, 6.07) is 12.4. The second kappa shape index (κ2) is 6.74. The molecule has 6 heterocycles. The Morgan fingerprint density at radius 3 is 1.93 bits per heavy atom. The maximum atomic E-state index is 4.77. The van der Waals surface area contributed by atoms with Crippen molar-refractivity contribution >= 4 is 35.7 Å². The lowest BCUT2D eigenvalue weighted by molar-refractivity contribution is 1.04. The Morgan fingerprint density at radius 1 is 0.600 bits per heavy atom. The quantitative estimate of drug-likeness (QED) is 0.517. The Morgan fingerprint density at radius 2 is 1.23 bits per heavy atom. The van der Waals surface area contributed by atoms with Crippen molar-refractivity contribution < 1.29 is 0 Å². The molecule has 144 valence electrons. The van der Waals surface area contributed by atoms with E-state index in [1.165, 1.54) is 0 Å². The van der Waals surface area contributed by atoms with Crippen LogP contribution in [0, 0.1) is 0 Å². The summed E-state index contributed by atoms with van der Waals surface area (Å²) < 4.78 is 0. The van der Waals surface area contributed by atoms with E-state index >= 15 is 0 Å². The molecule has 6 rings (SSSR count). The smallest absolute Gasteiger partial charge is 0.0895 e. The lowest BCUT2D eigenvalue weighted by Crippen LogP contribution is -2.11. The van der Waals surface area contributed by atoms with E-state index in [0.29, 0.717) is 0 Å². The van der Waals surface area contributed by atoms with Crippen molar-refractivity contribution in [1.82, 2.24) is 15.0 Å². The van der Waals surface area contributed by atoms with Gasteiger partial charge in [0.15, 0.2) is 0 Å². The Bertz CT molecular complexity index is 1540. The van der Waals surface area contributed by atoms with Gasteiger partial charge in [-0.25, -0.2) is 4.99 Å². The van der Waals surface area contributed by atoms with Crippen LogP contribution in [0.3, 0.4) is 0 Å². The van der Waals surface area contributed by atoms with Crippen molar-refractivity contribution in [3.63, 3.8) is 0 Å². The van der Waals surface area contributed by atoms with Gasteiger partial charge in [0.25, 0.3) is 0 Å². The van der Waals surface area contributed by atoms with E-state index in [-0.39, 0.29) is 6.04 Å². The van der Waals surface area contributed by atoms with Gasteiger partial charge in [-0.05, 0) is 85.0 Å². The van der Waals surface area contributed by atoms with Crippen LogP contribution in [0.1, 0.15) is 11.4 Å². The van der Waals surface area contributed by atoms with Crippen LogP contribution in [-0.4, -0.2) is 32.4 Å². The van der Waals surface area contributed by atoms with Gasteiger partial charge in [-0.2, -0.15) is 0 Å². The summed E-state index contributed by atoms with van der Waals surface area (Å²) in [5, 5.41) is 4.13. The number of aromatic nitrogens is 3. The van der Waals surface area contributed by atoms with Crippen molar-refractivity contribution in [1.29, 1.82) is 0 Å². The zero-order valence-corrected chi connectivity index (χ0v) is 16.1. The Labute approximate surface area is 172 Å². The van der Waals surface area contributed by atoms with Gasteiger partial charge in [-0.15, -0.1) is 0 Å². The molecule has 1 atom stereocenters. The molecule has 0 aliphatic carbocycles. The fraction of sp³-hybridized carbons (Fsp3) is 0.0400. The average Bonchev–Trinajstić information content (AvgIpc) is 3.52. The number of nitrogens with zero attached hydrogens (tertiary/aromatic N) is 2. The Balaban J connectivity index is 1.51. The van der Waals surface area contributed by atoms with Gasteiger partial charge >= 0.3 is 0 Å². The lowest BCUT2D eigenvalue weighted by Gasteiger charge is -1.97. The molecule has 5 heteroatoms. The predicted octanol–water partition coefficient (Wildman–Crippen LogP) is 1.18. The summed E-state index contributed by atoms with van der Waals surface area (Å²) in [4.78, 5) is 19.8. The molecule has 0 amide bonds. The molecule has 10 bridgehead atoms. The molecule has 0 fully saturated rings. The number of rotatable bonds is 0. The van der Waals surface area contributed by atoms with Gasteiger partial charge in [-0.1, -0.05) is 6.08 Å². The maximum Gasteiger partial charge on any atom is 0.0895 e. The van der Waals surface area contributed by atoms with Crippen LogP contribution in [0.25, 0.3) is 24.3 Å². The SMILES string of the molecule is C1=CC2=NC1=CC1C=CC(=N1)/C=c1/cc/c([nH]1)=C/c1ccc([nH]1)/C=c1/cc/c([nH]1)=C/2. The lowest BCUT2D eigenvalue weighted by atomic mass is 10.2. The highest BCUT2D eigenvalue weighted by Crippen LogP contribution is 2.15. The third kappa shape index (κ3) is 3.37. The molecular formula is C25H19N5. The minimum atomic E-state index is 0.00891. The van der Waals surface area contributed by atoms with Crippen LogP contribution in [0.15, 0.2) is 82.5 Å². The largest absolute Gasteiger partial charge is 0.355 e. The first-order chi connectivity index (χ1) is 14.7. The molecule has 3 aromatic heterocycles. The van der Waals surface area contributed by atoms with Gasteiger partial charge in [0.05, 0.1) is 23.2 Å². The second-order valence-electron chi connectivity index (χ2n) is 7.55. The molecule has 3 aliphatic rings. The van der Waals surface area contributed by atoms with E-state index in [4.69, 9.17) is 9.98 Å². The summed E-state index contributed by atoms with van der Waals surface area (Å²) in [5.74, 6) is 0. The highest BCUT2D eigenvalue weighted by molar-refractivity contribution is 6.19. The van der Waals surface area contributed by atoms with E-state index in [2.05, 4.69) is 93.9 Å². The van der Waals surface area contributed by atoms with Crippen molar-refractivity contribution in [3.8, 4) is 0 Å². The second-order valence-corrected chi connectivity index (χ2v) is 7.55. The van der Waals surface area contributed by atoms with Gasteiger partial charge < -0.3 is 15.0 Å². The van der Waals surface area contributed by atoms with Crippen LogP contribution in [0.4, 0.5) is 0 Å². The Kier molecular flexibility index (Phi) is 3.77. The third-order valence-electron chi connectivity index (χ3n) is 5.21. The Hall–Kier alpha value is -4.12. The summed E-state index contributed by atoms with van der Waals surface area (Å²) in [5.41, 5.74) is 4.90. The highest BCUT2D eigenvalue weighted by atomic mass is 14.8. The van der Waals surface area contributed by atoms with Crippen LogP contribution in [0.5, 0.6) is 0 Å². The first kappa shape index (κ1) is 16.8. The number of aliphatic imine (C=N–C) groups is 2. The number of H-pyrrole nitrogens is 3. The van der Waals surface area contributed by atoms with E-state index in [1.807, 2.05) is 12.2 Å². The standard InChI is InChI=1S/C25H19N5/c1-2-17-12-19-5-6-21(28-19)14-23-9-10-25(30-23)15-24-8-7-22(29-24)13-20-4-3-18(27-20)11-16(1)26-17/h1-16,28-30H/b18-11?,19-12-,21-14-,22-13-,24-15-. The van der Waals surface area contributed by atoms with Crippen molar-refractivity contribution in [3.05, 3.63) is 105 Å². The summed E-state index contributed by atoms with van der Waals surface area (Å²) in [6.07, 6.45) is 18.6. The molecule has 0 saturated heterocycles. The molecule has 0 saturated carbocycles. The van der Waals surface area contributed by atoms with Gasteiger partial charge in [0.2, 0.25) is 0 Å². The number of fused-ring (bicyclic) bond motifs is 8. The molecular weight excluding hydrogens is 370 g/mol. The highest BCUT2D eigenvalue weighted by Gasteiger charge is 2.10. The predicted molar refractivity (Wildman–Crippen MR) is 122 cm³/mol. The first-order valence-electron chi connectivity index (χ1n) is 9.96. The van der Waals surface area contributed by atoms with E-state index in [0.717, 1.165) is 49.9 Å². The molecule has 1 unspecified atom stereocenters. The molecule has 0 spiro atoms. The van der Waals surface area contributed by atoms with Crippen LogP contribution in [-0.2, 0) is 0 Å². The minimum Gasteiger partial charge on any atom is -0.355 e. The molecule has 30 heavy (non-hydrogen) atoms. The minimum absolute atomic E-state index is 0.00891. The van der Waals surface area contributed by atoms with Gasteiger partial charge in [0, 0.05) is 32.8 Å². The molecule has 0 aromatic carbocycles. The average molecular weight is 389 g/mol. The van der Waals surface area contributed by atoms with Crippen molar-refractivity contribution in [2.75, 3.05) is 0 Å². The van der Waals surface area contributed by atoms with Gasteiger partial charge in [0.1, 0.15) is 0 Å². The fourth-order valence-corrected chi connectivity index (χ4v) is 3.82. The van der Waals surface area contributed by atoms with E-state index < -0.39 is 0 Å². The van der Waals surface area contributed by atoms with Crippen LogP contribution < -0.4 is 21.4 Å². The number of nitrogens with one attached hydrogen (secondary N) is 3. The van der Waals surface area contributed by atoms with Gasteiger partial charge in [-0.3, -0.25) is 4.99 Å². The van der Waals surface area contributed by atoms with Crippen molar-refractivity contribution in [2.45, 2.75) is 6.04 Å². The molecule has 3 aliphatic heterocycles. The molecule has 0 radical (unpaired) electrons. The third-order valence-corrected chi connectivity index (χ3v) is 5.21. The normalized spacial score (nSPS) is 23.6. The molecule has 5 nitrogen and oxygen atoms in total. The van der Waals surface area contributed by atoms with E-state index in [1.54, 1.807) is 0 Å². The van der Waals surface area contributed by atoms with Crippen LogP contribution in [0.2, 0.25) is 0 Å². The fourth-order valence-electron chi connectivity index (χ4n) is 3.82. The summed E-state index contributed by atoms with van der Waals surface area (Å²) in [7, 11) is 0. The number of hydrogen-bond acceptors (Lipinski definition) is 2. The van der Waals surface area contributed by atoms with Crippen LogP contribution >= 0.6 is 0 Å². The number of allylic oxidation sites excluding steroid dienone is 3. The monoisotopic (exact) mass is 389 g/mol. The molecule has 3 aromatic rings. The topological polar surface area (TPSA) is 72.1 Å². The maximum absolute atomic E-state index is 4.77. The zero-order chi connectivity index (χ0) is 19.9. The summed E-state index contributed by atoms with van der Waals surface area (Å²) >= 11 is 0. The van der Waals surface area contributed by atoms with Crippen molar-refractivity contribution in [2.24, 2.45) is 9.98 Å². The molecule has 3 N–H and O–H groups in total. The first-order valence-corrected chi connectivity index (χ1v) is 9.96. The zero-order valence-electron chi connectivity index (χ0n) is 16.1.